The first-order valence-electron chi connectivity index (χ1n) is 20.6. The number of carbonyl (C=O) groups is 2. The molecule has 302 valence electrons. The molecule has 0 aliphatic carbocycles. The van der Waals surface area contributed by atoms with Gasteiger partial charge in [0.25, 0.3) is 7.82 Å². The number of phosphoric acid groups is 1. The van der Waals surface area contributed by atoms with Gasteiger partial charge in [-0.1, -0.05) is 154 Å². The molecule has 2 unspecified atom stereocenters. The predicted molar refractivity (Wildman–Crippen MR) is 203 cm³/mol. The van der Waals surface area contributed by atoms with Crippen molar-refractivity contribution >= 4 is 19.8 Å². The summed E-state index contributed by atoms with van der Waals surface area (Å²) in [5.41, 5.74) is 0. The molecular formula is C40H76NaO10P. The first kappa shape index (κ1) is 53.8. The number of carbonyl (C=O) groups excluding carboxylic acids is 2. The van der Waals surface area contributed by atoms with Crippen LogP contribution in [0.2, 0.25) is 0 Å². The smallest absolute Gasteiger partial charge is 0.756 e. The zero-order valence-electron chi connectivity index (χ0n) is 33.5. The standard InChI is InChI=1S/C40H77O10P.Na/c1-3-5-7-9-11-13-15-17-18-20-22-24-26-28-30-32-40(44)50-38(36-49-51(45,46)48-34-37(42)33-41)35-47-39(43)31-29-27-25-23-21-19-16-14-12-10-8-6-4-2;/h17-18,37-38,41-42H,3-16,19-36H2,1-2H3,(H,45,46);/q;+1/p-1/t37?,38-;/m1./s1. The van der Waals surface area contributed by atoms with Crippen molar-refractivity contribution in [2.45, 2.75) is 206 Å². The molecule has 10 nitrogen and oxygen atoms in total. The van der Waals surface area contributed by atoms with E-state index in [1.54, 1.807) is 0 Å². The van der Waals surface area contributed by atoms with E-state index in [9.17, 15) is 24.2 Å². The molecule has 0 amide bonds. The molecule has 0 radical (unpaired) electrons. The van der Waals surface area contributed by atoms with Crippen molar-refractivity contribution in [2.24, 2.45) is 0 Å². The van der Waals surface area contributed by atoms with E-state index in [0.29, 0.717) is 12.8 Å². The van der Waals surface area contributed by atoms with Crippen LogP contribution < -0.4 is 34.5 Å². The maximum atomic E-state index is 12.6. The first-order valence-corrected chi connectivity index (χ1v) is 22.1. The third kappa shape index (κ3) is 39.4. The Balaban J connectivity index is 0. The van der Waals surface area contributed by atoms with Crippen LogP contribution in [0.4, 0.5) is 0 Å². The van der Waals surface area contributed by atoms with Crippen LogP contribution in [-0.4, -0.2) is 60.8 Å². The summed E-state index contributed by atoms with van der Waals surface area (Å²) in [4.78, 5) is 37.0. The van der Waals surface area contributed by atoms with Crippen molar-refractivity contribution in [1.82, 2.24) is 0 Å². The van der Waals surface area contributed by atoms with Gasteiger partial charge in [0.15, 0.2) is 6.10 Å². The van der Waals surface area contributed by atoms with E-state index in [1.807, 2.05) is 0 Å². The molecule has 0 rings (SSSR count). The normalized spacial score (nSPS) is 13.8. The van der Waals surface area contributed by atoms with E-state index in [1.165, 1.54) is 96.3 Å². The van der Waals surface area contributed by atoms with Crippen molar-refractivity contribution < 1.29 is 77.3 Å². The van der Waals surface area contributed by atoms with Crippen molar-refractivity contribution in [3.05, 3.63) is 12.2 Å². The maximum Gasteiger partial charge on any atom is 1.00 e. The summed E-state index contributed by atoms with van der Waals surface area (Å²) in [5, 5.41) is 18.2. The SMILES string of the molecule is CCCCCCCCC=CCCCCCCCC(=O)O[C@H](COC(=O)CCCCCCCCCCCCCCC)COP(=O)([O-])OCC(O)CO.[Na+]. The van der Waals surface area contributed by atoms with Gasteiger partial charge in [-0.2, -0.15) is 0 Å². The van der Waals surface area contributed by atoms with Gasteiger partial charge >= 0.3 is 41.5 Å². The fourth-order valence-electron chi connectivity index (χ4n) is 5.69. The monoisotopic (exact) mass is 771 g/mol. The number of hydrogen-bond acceptors (Lipinski definition) is 10. The Labute approximate surface area is 339 Å². The van der Waals surface area contributed by atoms with Crippen molar-refractivity contribution in [1.29, 1.82) is 0 Å². The average Bonchev–Trinajstić information content (AvgIpc) is 3.12. The summed E-state index contributed by atoms with van der Waals surface area (Å²) in [5.74, 6) is -0.963. The van der Waals surface area contributed by atoms with E-state index in [4.69, 9.17) is 19.1 Å². The summed E-state index contributed by atoms with van der Waals surface area (Å²) in [6.07, 6.45) is 32.9. The Kier molecular flexibility index (Phi) is 41.8. The number of aliphatic hydroxyl groups excluding tert-OH is 2. The van der Waals surface area contributed by atoms with Crippen LogP contribution in [0.3, 0.4) is 0 Å². The van der Waals surface area contributed by atoms with Gasteiger partial charge < -0.3 is 33.6 Å². The first-order chi connectivity index (χ1) is 24.7. The van der Waals surface area contributed by atoms with E-state index in [2.05, 4.69) is 30.5 Å². The largest absolute Gasteiger partial charge is 1.00 e. The number of allylic oxidation sites excluding steroid dienone is 2. The number of phosphoric ester groups is 1. The summed E-state index contributed by atoms with van der Waals surface area (Å²) < 4.78 is 32.3. The molecule has 0 saturated carbocycles. The molecule has 0 aromatic carbocycles. The summed E-state index contributed by atoms with van der Waals surface area (Å²) in [6.45, 7) is 2.19. The van der Waals surface area contributed by atoms with Crippen LogP contribution in [-0.2, 0) is 32.7 Å². The Bertz CT molecular complexity index is 875. The number of rotatable bonds is 39. The zero-order chi connectivity index (χ0) is 37.7. The molecule has 3 atom stereocenters. The molecule has 0 aliphatic rings. The van der Waals surface area contributed by atoms with Gasteiger partial charge in [-0.3, -0.25) is 14.2 Å². The van der Waals surface area contributed by atoms with Crippen LogP contribution in [0.15, 0.2) is 12.2 Å². The van der Waals surface area contributed by atoms with Crippen molar-refractivity contribution in [2.75, 3.05) is 26.4 Å². The third-order valence-electron chi connectivity index (χ3n) is 8.91. The van der Waals surface area contributed by atoms with Gasteiger partial charge in [-0.05, 0) is 38.5 Å². The molecule has 2 N–H and O–H groups in total. The fraction of sp³-hybridized carbons (Fsp3) is 0.900. The van der Waals surface area contributed by atoms with Gasteiger partial charge in [-0.15, -0.1) is 0 Å². The van der Waals surface area contributed by atoms with E-state index in [-0.39, 0.29) is 49.0 Å². The van der Waals surface area contributed by atoms with Crippen LogP contribution in [0.25, 0.3) is 0 Å². The Morgan fingerprint density at radius 3 is 1.42 bits per heavy atom. The molecular weight excluding hydrogens is 694 g/mol. The molecule has 0 fully saturated rings. The Morgan fingerprint density at radius 1 is 0.596 bits per heavy atom. The molecule has 0 aromatic rings. The summed E-state index contributed by atoms with van der Waals surface area (Å²) in [7, 11) is -4.86. The number of aliphatic hydroxyl groups is 2. The summed E-state index contributed by atoms with van der Waals surface area (Å²) in [6, 6.07) is 0. The van der Waals surface area contributed by atoms with Crippen molar-refractivity contribution in [3.63, 3.8) is 0 Å². The summed E-state index contributed by atoms with van der Waals surface area (Å²) >= 11 is 0. The second kappa shape index (κ2) is 40.4. The molecule has 0 aromatic heterocycles. The van der Waals surface area contributed by atoms with E-state index < -0.39 is 51.8 Å². The van der Waals surface area contributed by atoms with Gasteiger partial charge in [0.2, 0.25) is 0 Å². The van der Waals surface area contributed by atoms with Crippen LogP contribution in [0.5, 0.6) is 0 Å². The molecule has 0 heterocycles. The van der Waals surface area contributed by atoms with Crippen LogP contribution in [0.1, 0.15) is 194 Å². The number of unbranched alkanes of at least 4 members (excludes halogenated alkanes) is 23. The zero-order valence-corrected chi connectivity index (χ0v) is 36.4. The molecule has 0 spiro atoms. The second-order valence-electron chi connectivity index (χ2n) is 14.0. The predicted octanol–water partition coefficient (Wildman–Crippen LogP) is 6.82. The molecule has 0 bridgehead atoms. The van der Waals surface area contributed by atoms with Crippen LogP contribution >= 0.6 is 7.82 Å². The topological polar surface area (TPSA) is 152 Å². The number of ether oxygens (including phenoxy) is 2. The molecule has 52 heavy (non-hydrogen) atoms. The van der Waals surface area contributed by atoms with Gasteiger partial charge in [0, 0.05) is 12.8 Å². The Hall–Kier alpha value is -0.290. The Morgan fingerprint density at radius 2 is 0.981 bits per heavy atom. The van der Waals surface area contributed by atoms with E-state index >= 15 is 0 Å². The van der Waals surface area contributed by atoms with Gasteiger partial charge in [0.1, 0.15) is 12.7 Å². The number of esters is 2. The molecule has 0 saturated heterocycles. The van der Waals surface area contributed by atoms with Crippen molar-refractivity contribution in [3.8, 4) is 0 Å². The van der Waals surface area contributed by atoms with Gasteiger partial charge in [0.05, 0.1) is 19.8 Å². The minimum Gasteiger partial charge on any atom is -0.756 e. The van der Waals surface area contributed by atoms with E-state index in [0.717, 1.165) is 57.8 Å². The number of hydrogen-bond donors (Lipinski definition) is 2. The fourth-order valence-corrected chi connectivity index (χ4v) is 6.47. The minimum atomic E-state index is -4.86. The van der Waals surface area contributed by atoms with Crippen LogP contribution in [0, 0.1) is 0 Å². The maximum absolute atomic E-state index is 12.6. The third-order valence-corrected chi connectivity index (χ3v) is 9.84. The molecule has 12 heteroatoms. The molecule has 0 aliphatic heterocycles. The quantitative estimate of drug-likeness (QED) is 0.0224. The minimum absolute atomic E-state index is 0. The van der Waals surface area contributed by atoms with Gasteiger partial charge in [-0.25, -0.2) is 0 Å². The second-order valence-corrected chi connectivity index (χ2v) is 15.4. The average molecular weight is 771 g/mol.